The Hall–Kier alpha value is -1.52. The molecule has 1 heterocycles. The number of aromatic nitrogens is 2. The van der Waals surface area contributed by atoms with E-state index in [0.29, 0.717) is 18.0 Å². The average Bonchev–Trinajstić information content (AvgIpc) is 2.32. The van der Waals surface area contributed by atoms with Gasteiger partial charge in [0.1, 0.15) is 0 Å². The van der Waals surface area contributed by atoms with Crippen LogP contribution in [0.1, 0.15) is 23.1 Å². The molecule has 0 spiro atoms. The van der Waals surface area contributed by atoms with Gasteiger partial charge in [-0.25, -0.2) is 9.59 Å². The van der Waals surface area contributed by atoms with Crippen LogP contribution < -0.4 is 5.69 Å². The second kappa shape index (κ2) is 3.69. The summed E-state index contributed by atoms with van der Waals surface area (Å²) in [5.74, 6) is -0.454. The Morgan fingerprint density at radius 1 is 1.36 bits per heavy atom. The standard InChI is InChI=1S/C9H14N2O3/c1-5-14-8(12)7-6(2)10(3)9(13)11(7)4/h5H2,1-4H3. The minimum absolute atomic E-state index is 0.217. The molecule has 0 aliphatic carbocycles. The number of rotatable bonds is 2. The number of hydrogen-bond acceptors (Lipinski definition) is 3. The molecule has 0 bridgehead atoms. The van der Waals surface area contributed by atoms with Gasteiger partial charge in [0.05, 0.1) is 12.3 Å². The van der Waals surface area contributed by atoms with Gasteiger partial charge in [-0.3, -0.25) is 9.13 Å². The minimum Gasteiger partial charge on any atom is -0.461 e. The maximum atomic E-state index is 11.5. The van der Waals surface area contributed by atoms with Crippen LogP contribution in [0, 0.1) is 6.92 Å². The smallest absolute Gasteiger partial charge is 0.356 e. The molecule has 0 fully saturated rings. The Morgan fingerprint density at radius 3 is 2.29 bits per heavy atom. The molecule has 1 aromatic rings. The highest BCUT2D eigenvalue weighted by Gasteiger charge is 2.19. The monoisotopic (exact) mass is 198 g/mol. The number of ether oxygens (including phenoxy) is 1. The molecule has 0 aliphatic rings. The molecule has 5 nitrogen and oxygen atoms in total. The maximum Gasteiger partial charge on any atom is 0.356 e. The molecule has 1 rings (SSSR count). The van der Waals surface area contributed by atoms with Crippen LogP contribution >= 0.6 is 0 Å². The lowest BCUT2D eigenvalue weighted by Crippen LogP contribution is -2.22. The van der Waals surface area contributed by atoms with Crippen molar-refractivity contribution in [2.75, 3.05) is 6.61 Å². The zero-order valence-electron chi connectivity index (χ0n) is 8.83. The van der Waals surface area contributed by atoms with E-state index in [0.717, 1.165) is 0 Å². The zero-order valence-corrected chi connectivity index (χ0v) is 8.83. The Morgan fingerprint density at radius 2 is 1.93 bits per heavy atom. The summed E-state index contributed by atoms with van der Waals surface area (Å²) < 4.78 is 7.57. The van der Waals surface area contributed by atoms with Crippen molar-refractivity contribution in [3.8, 4) is 0 Å². The Kier molecular flexibility index (Phi) is 2.78. The fourth-order valence-corrected chi connectivity index (χ4v) is 1.35. The van der Waals surface area contributed by atoms with Crippen LogP contribution in [0.25, 0.3) is 0 Å². The van der Waals surface area contributed by atoms with E-state index in [4.69, 9.17) is 4.74 Å². The molecule has 0 unspecified atom stereocenters. The Bertz CT molecular complexity index is 414. The van der Waals surface area contributed by atoms with Crippen LogP contribution in [-0.2, 0) is 18.8 Å². The van der Waals surface area contributed by atoms with Crippen molar-refractivity contribution in [1.82, 2.24) is 9.13 Å². The van der Waals surface area contributed by atoms with E-state index in [1.54, 1.807) is 27.9 Å². The Balaban J connectivity index is 3.28. The fourth-order valence-electron chi connectivity index (χ4n) is 1.35. The number of hydrogen-bond donors (Lipinski definition) is 0. The summed E-state index contributed by atoms with van der Waals surface area (Å²) in [5.41, 5.74) is 0.723. The Labute approximate surface area is 81.9 Å². The second-order valence-electron chi connectivity index (χ2n) is 3.06. The molecule has 14 heavy (non-hydrogen) atoms. The van der Waals surface area contributed by atoms with Crippen LogP contribution in [0.2, 0.25) is 0 Å². The van der Waals surface area contributed by atoms with Crippen LogP contribution in [0.15, 0.2) is 4.79 Å². The van der Waals surface area contributed by atoms with Crippen molar-refractivity contribution >= 4 is 5.97 Å². The molecular weight excluding hydrogens is 184 g/mol. The summed E-state index contributed by atoms with van der Waals surface area (Å²) in [6.07, 6.45) is 0. The summed E-state index contributed by atoms with van der Waals surface area (Å²) in [6.45, 7) is 3.75. The van der Waals surface area contributed by atoms with Gasteiger partial charge in [0.25, 0.3) is 0 Å². The van der Waals surface area contributed by atoms with Gasteiger partial charge in [0.2, 0.25) is 0 Å². The summed E-state index contributed by atoms with van der Waals surface area (Å²) >= 11 is 0. The predicted octanol–water partition coefficient (Wildman–Crippen LogP) is 0.209. The topological polar surface area (TPSA) is 53.2 Å². The lowest BCUT2D eigenvalue weighted by Gasteiger charge is -2.02. The highest BCUT2D eigenvalue weighted by atomic mass is 16.5. The molecule has 1 aromatic heterocycles. The van der Waals surface area contributed by atoms with Gasteiger partial charge in [-0.05, 0) is 13.8 Å². The molecule has 0 atom stereocenters. The fraction of sp³-hybridized carbons (Fsp3) is 0.556. The van der Waals surface area contributed by atoms with Crippen molar-refractivity contribution < 1.29 is 9.53 Å². The highest BCUT2D eigenvalue weighted by molar-refractivity contribution is 5.88. The SMILES string of the molecule is CCOC(=O)c1c(C)n(C)c(=O)n1C. The lowest BCUT2D eigenvalue weighted by atomic mass is 10.3. The average molecular weight is 198 g/mol. The predicted molar refractivity (Wildman–Crippen MR) is 51.3 cm³/mol. The van der Waals surface area contributed by atoms with E-state index in [2.05, 4.69) is 0 Å². The number of nitrogens with zero attached hydrogens (tertiary/aromatic N) is 2. The van der Waals surface area contributed by atoms with E-state index in [9.17, 15) is 9.59 Å². The largest absolute Gasteiger partial charge is 0.461 e. The molecule has 0 aliphatic heterocycles. The van der Waals surface area contributed by atoms with Crippen molar-refractivity contribution in [3.63, 3.8) is 0 Å². The van der Waals surface area contributed by atoms with Gasteiger partial charge in [-0.15, -0.1) is 0 Å². The molecule has 5 heteroatoms. The van der Waals surface area contributed by atoms with Crippen LogP contribution in [-0.4, -0.2) is 21.7 Å². The first-order valence-corrected chi connectivity index (χ1v) is 4.40. The van der Waals surface area contributed by atoms with Crippen LogP contribution in [0.5, 0.6) is 0 Å². The maximum absolute atomic E-state index is 11.5. The van der Waals surface area contributed by atoms with E-state index in [-0.39, 0.29) is 5.69 Å². The second-order valence-corrected chi connectivity index (χ2v) is 3.06. The quantitative estimate of drug-likeness (QED) is 0.638. The normalized spacial score (nSPS) is 10.3. The third kappa shape index (κ3) is 1.45. The van der Waals surface area contributed by atoms with Crippen molar-refractivity contribution in [2.24, 2.45) is 14.1 Å². The number of carbonyl (C=O) groups is 1. The number of imidazole rings is 1. The first-order valence-electron chi connectivity index (χ1n) is 4.40. The molecule has 0 saturated carbocycles. The van der Waals surface area contributed by atoms with Gasteiger partial charge in [-0.2, -0.15) is 0 Å². The summed E-state index contributed by atoms with van der Waals surface area (Å²) in [4.78, 5) is 22.9. The van der Waals surface area contributed by atoms with Crippen molar-refractivity contribution in [2.45, 2.75) is 13.8 Å². The summed E-state index contributed by atoms with van der Waals surface area (Å²) in [5, 5.41) is 0. The van der Waals surface area contributed by atoms with E-state index in [1.165, 1.54) is 9.13 Å². The third-order valence-corrected chi connectivity index (χ3v) is 2.22. The van der Waals surface area contributed by atoms with Gasteiger partial charge in [0.15, 0.2) is 5.69 Å². The lowest BCUT2D eigenvalue weighted by molar-refractivity contribution is 0.0514. The number of carbonyl (C=O) groups excluding carboxylic acids is 1. The zero-order chi connectivity index (χ0) is 10.9. The first kappa shape index (κ1) is 10.6. The van der Waals surface area contributed by atoms with Gasteiger partial charge in [-0.1, -0.05) is 0 Å². The molecule has 0 amide bonds. The third-order valence-electron chi connectivity index (χ3n) is 2.22. The summed E-state index contributed by atoms with van der Waals surface area (Å²) in [6, 6.07) is 0. The van der Waals surface area contributed by atoms with E-state index < -0.39 is 5.97 Å². The molecule has 0 radical (unpaired) electrons. The van der Waals surface area contributed by atoms with E-state index in [1.807, 2.05) is 0 Å². The van der Waals surface area contributed by atoms with E-state index >= 15 is 0 Å². The first-order chi connectivity index (χ1) is 6.50. The summed E-state index contributed by atoms with van der Waals surface area (Å²) in [7, 11) is 3.18. The van der Waals surface area contributed by atoms with Crippen LogP contribution in [0.4, 0.5) is 0 Å². The molecule has 78 valence electrons. The van der Waals surface area contributed by atoms with Gasteiger partial charge in [0, 0.05) is 14.1 Å². The van der Waals surface area contributed by atoms with Gasteiger partial charge >= 0.3 is 11.7 Å². The van der Waals surface area contributed by atoms with Crippen LogP contribution in [0.3, 0.4) is 0 Å². The highest BCUT2D eigenvalue weighted by Crippen LogP contribution is 2.05. The number of esters is 1. The minimum atomic E-state index is -0.454. The molecule has 0 aromatic carbocycles. The van der Waals surface area contributed by atoms with Crippen molar-refractivity contribution in [3.05, 3.63) is 21.9 Å². The van der Waals surface area contributed by atoms with Gasteiger partial charge < -0.3 is 4.74 Å². The van der Waals surface area contributed by atoms with Crippen molar-refractivity contribution in [1.29, 1.82) is 0 Å². The molecule has 0 saturated heterocycles. The molecular formula is C9H14N2O3. The molecule has 0 N–H and O–H groups in total.